The van der Waals surface area contributed by atoms with Gasteiger partial charge in [0.15, 0.2) is 17.3 Å². The molecule has 0 bridgehead atoms. The van der Waals surface area contributed by atoms with Gasteiger partial charge in [0.2, 0.25) is 5.91 Å². The third kappa shape index (κ3) is 6.57. The third-order valence-corrected chi connectivity index (χ3v) is 8.23. The van der Waals surface area contributed by atoms with E-state index in [-0.39, 0.29) is 47.1 Å². The number of nitrogens with one attached hydrogen (secondary N) is 2. The average Bonchev–Trinajstić information content (AvgIpc) is 3.49. The molecule has 3 aromatic rings. The van der Waals surface area contributed by atoms with E-state index in [1.165, 1.54) is 0 Å². The van der Waals surface area contributed by atoms with Crippen LogP contribution in [0, 0.1) is 6.92 Å². The molecule has 2 aliphatic rings. The highest BCUT2D eigenvalue weighted by Crippen LogP contribution is 2.30. The largest absolute Gasteiger partial charge is 0.402 e. The molecule has 230 valence electrons. The second-order valence-electron chi connectivity index (χ2n) is 10.6. The lowest BCUT2D eigenvalue weighted by molar-refractivity contribution is -0.118. The van der Waals surface area contributed by atoms with Gasteiger partial charge in [0, 0.05) is 51.9 Å². The number of halogens is 1. The first-order valence-electron chi connectivity index (χ1n) is 14.3. The van der Waals surface area contributed by atoms with E-state index < -0.39 is 0 Å². The Bertz CT molecular complexity index is 1480. The normalized spacial score (nSPS) is 18.1. The van der Waals surface area contributed by atoms with Gasteiger partial charge in [0.05, 0.1) is 17.8 Å². The number of likely N-dealkylation sites (tertiary alicyclic amines) is 1. The topological polar surface area (TPSA) is 198 Å². The molecule has 16 heteroatoms. The van der Waals surface area contributed by atoms with E-state index in [0.29, 0.717) is 42.1 Å². The summed E-state index contributed by atoms with van der Waals surface area (Å²) >= 11 is 5.90. The summed E-state index contributed by atoms with van der Waals surface area (Å²) in [6.07, 6.45) is 2.73. The molecule has 2 fully saturated rings. The predicted molar refractivity (Wildman–Crippen MR) is 163 cm³/mol. The first-order chi connectivity index (χ1) is 20.7. The summed E-state index contributed by atoms with van der Waals surface area (Å²) in [4.78, 5) is 44.6. The SMILES string of the molecule is CC[C@H]1CN(c2nc(N)c(-c3nnc(NCC(=O)NC)o3)nc2C)CCN1C1CCN(C(=O)c2ccc(Cl)nc2N)CC1. The monoisotopic (exact) mass is 612 g/mol. The van der Waals surface area contributed by atoms with Gasteiger partial charge in [-0.15, -0.1) is 5.10 Å². The standard InChI is InChI=1S/C27H37ClN12O3/c1-4-16-14-39(24-15(2)33-21(23(30)35-24)25-36-37-27(43-25)32-13-20(41)31-3)11-12-40(16)17-7-9-38(10-8-17)26(42)18-5-6-19(28)34-22(18)29/h5-6,16-17H,4,7-14H2,1-3H3,(H2,29,34)(H2,30,35)(H,31,41)(H,32,37)/t16-/m0/s1. The number of hydrogen-bond acceptors (Lipinski definition) is 13. The van der Waals surface area contributed by atoms with Crippen molar-refractivity contribution in [1.29, 1.82) is 0 Å². The van der Waals surface area contributed by atoms with Crippen LogP contribution in [-0.4, -0.2) is 105 Å². The number of piperidine rings is 1. The number of piperazine rings is 1. The number of amides is 2. The van der Waals surface area contributed by atoms with Crippen LogP contribution in [0.15, 0.2) is 16.5 Å². The maximum Gasteiger partial charge on any atom is 0.316 e. The van der Waals surface area contributed by atoms with E-state index >= 15 is 0 Å². The molecular formula is C27H37ClN12O3. The Labute approximate surface area is 254 Å². The molecule has 3 aromatic heterocycles. The summed E-state index contributed by atoms with van der Waals surface area (Å²) in [5, 5.41) is 13.5. The Hall–Kier alpha value is -4.24. The van der Waals surface area contributed by atoms with Crippen LogP contribution in [0.4, 0.5) is 23.5 Å². The molecule has 0 aromatic carbocycles. The Morgan fingerprint density at radius 2 is 1.84 bits per heavy atom. The van der Waals surface area contributed by atoms with Crippen LogP contribution < -0.4 is 27.0 Å². The van der Waals surface area contributed by atoms with Crippen molar-refractivity contribution in [2.45, 2.75) is 45.2 Å². The van der Waals surface area contributed by atoms with Crippen LogP contribution in [0.5, 0.6) is 0 Å². The fraction of sp³-hybridized carbons (Fsp3) is 0.519. The highest BCUT2D eigenvalue weighted by molar-refractivity contribution is 6.29. The summed E-state index contributed by atoms with van der Waals surface area (Å²) in [6.45, 7) is 7.79. The smallest absolute Gasteiger partial charge is 0.316 e. The van der Waals surface area contributed by atoms with Crippen molar-refractivity contribution in [2.24, 2.45) is 0 Å². The van der Waals surface area contributed by atoms with Crippen LogP contribution in [0.25, 0.3) is 11.6 Å². The van der Waals surface area contributed by atoms with Gasteiger partial charge in [-0.05, 0) is 38.3 Å². The number of nitrogens with two attached hydrogens (primary N) is 2. The van der Waals surface area contributed by atoms with E-state index in [1.54, 1.807) is 19.2 Å². The van der Waals surface area contributed by atoms with Gasteiger partial charge in [-0.2, -0.15) is 0 Å². The summed E-state index contributed by atoms with van der Waals surface area (Å²) in [7, 11) is 1.54. The van der Waals surface area contributed by atoms with Gasteiger partial charge in [-0.25, -0.2) is 15.0 Å². The van der Waals surface area contributed by atoms with Crippen LogP contribution >= 0.6 is 11.6 Å². The van der Waals surface area contributed by atoms with Crippen molar-refractivity contribution in [3.8, 4) is 11.6 Å². The van der Waals surface area contributed by atoms with E-state index in [9.17, 15) is 9.59 Å². The molecule has 15 nitrogen and oxygen atoms in total. The minimum absolute atomic E-state index is 0.00465. The van der Waals surface area contributed by atoms with Gasteiger partial charge in [-0.1, -0.05) is 23.6 Å². The molecule has 1 atom stereocenters. The number of anilines is 4. The Kier molecular flexibility index (Phi) is 9.11. The number of nitrogen functional groups attached to an aromatic ring is 2. The fourth-order valence-corrected chi connectivity index (χ4v) is 5.88. The van der Waals surface area contributed by atoms with Crippen LogP contribution in [-0.2, 0) is 4.79 Å². The zero-order valence-corrected chi connectivity index (χ0v) is 25.3. The molecule has 0 aliphatic carbocycles. The minimum Gasteiger partial charge on any atom is -0.402 e. The van der Waals surface area contributed by atoms with E-state index in [4.69, 9.17) is 27.5 Å². The number of carbonyl (C=O) groups is 2. The Morgan fingerprint density at radius 1 is 1.07 bits per heavy atom. The molecule has 0 unspecified atom stereocenters. The van der Waals surface area contributed by atoms with Crippen molar-refractivity contribution in [1.82, 2.24) is 40.3 Å². The van der Waals surface area contributed by atoms with Crippen molar-refractivity contribution in [3.63, 3.8) is 0 Å². The Morgan fingerprint density at radius 3 is 2.53 bits per heavy atom. The van der Waals surface area contributed by atoms with Crippen molar-refractivity contribution in [3.05, 3.63) is 28.5 Å². The average molecular weight is 613 g/mol. The highest BCUT2D eigenvalue weighted by atomic mass is 35.5. The van der Waals surface area contributed by atoms with Crippen LogP contribution in [0.1, 0.15) is 42.2 Å². The maximum absolute atomic E-state index is 13.1. The molecule has 5 heterocycles. The van der Waals surface area contributed by atoms with Crippen LogP contribution in [0.3, 0.4) is 0 Å². The molecule has 6 N–H and O–H groups in total. The Balaban J connectivity index is 1.21. The fourth-order valence-electron chi connectivity index (χ4n) is 5.72. The highest BCUT2D eigenvalue weighted by Gasteiger charge is 2.35. The lowest BCUT2D eigenvalue weighted by Crippen LogP contribution is -2.59. The van der Waals surface area contributed by atoms with E-state index in [0.717, 1.165) is 44.7 Å². The number of likely N-dealkylation sites (N-methyl/N-ethyl adjacent to an activating group) is 1. The zero-order valence-electron chi connectivity index (χ0n) is 24.5. The second-order valence-corrected chi connectivity index (χ2v) is 11.0. The van der Waals surface area contributed by atoms with Gasteiger partial charge in [-0.3, -0.25) is 14.5 Å². The number of aryl methyl sites for hydroxylation is 1. The van der Waals surface area contributed by atoms with Crippen LogP contribution in [0.2, 0.25) is 5.15 Å². The molecular weight excluding hydrogens is 576 g/mol. The first-order valence-corrected chi connectivity index (χ1v) is 14.7. The first kappa shape index (κ1) is 30.2. The van der Waals surface area contributed by atoms with Gasteiger partial charge in [0.1, 0.15) is 11.0 Å². The van der Waals surface area contributed by atoms with Crippen molar-refractivity contribution >= 4 is 46.9 Å². The molecule has 0 radical (unpaired) electrons. The quantitative estimate of drug-likeness (QED) is 0.267. The lowest BCUT2D eigenvalue weighted by atomic mass is 9.97. The number of pyridine rings is 1. The summed E-state index contributed by atoms with van der Waals surface area (Å²) < 4.78 is 5.60. The minimum atomic E-state index is -0.220. The molecule has 2 saturated heterocycles. The maximum atomic E-state index is 13.1. The van der Waals surface area contributed by atoms with Crippen molar-refractivity contribution in [2.75, 3.05) is 68.0 Å². The molecule has 2 amide bonds. The molecule has 5 rings (SSSR count). The zero-order chi connectivity index (χ0) is 30.7. The lowest BCUT2D eigenvalue weighted by Gasteiger charge is -2.47. The molecule has 0 spiro atoms. The number of carbonyl (C=O) groups excluding carboxylic acids is 2. The molecule has 0 saturated carbocycles. The summed E-state index contributed by atoms with van der Waals surface area (Å²) in [5.74, 6) is 0.866. The summed E-state index contributed by atoms with van der Waals surface area (Å²) in [6, 6.07) is 4.00. The van der Waals surface area contributed by atoms with E-state index in [2.05, 4.69) is 52.5 Å². The second kappa shape index (κ2) is 13.0. The van der Waals surface area contributed by atoms with Gasteiger partial charge < -0.3 is 36.3 Å². The number of hydrogen-bond donors (Lipinski definition) is 4. The number of nitrogens with zero attached hydrogens (tertiary/aromatic N) is 8. The van der Waals surface area contributed by atoms with Gasteiger partial charge in [0.25, 0.3) is 11.8 Å². The van der Waals surface area contributed by atoms with E-state index in [1.807, 2.05) is 11.8 Å². The molecule has 2 aliphatic heterocycles. The predicted octanol–water partition coefficient (Wildman–Crippen LogP) is 1.41. The number of aromatic nitrogens is 5. The van der Waals surface area contributed by atoms with Gasteiger partial charge >= 0.3 is 6.01 Å². The summed E-state index contributed by atoms with van der Waals surface area (Å²) in [5.41, 5.74) is 13.7. The third-order valence-electron chi connectivity index (χ3n) is 8.02. The molecule has 43 heavy (non-hydrogen) atoms. The number of rotatable bonds is 8. The van der Waals surface area contributed by atoms with Crippen molar-refractivity contribution < 1.29 is 14.0 Å².